The maximum atomic E-state index is 15.1. The molecule has 30 heavy (non-hydrogen) atoms. The molecular formula is C18H15ClFN5O5. The Morgan fingerprint density at radius 3 is 2.83 bits per heavy atom. The molecule has 2 aliphatic heterocycles. The molecule has 3 aromatic rings. The number of nitrogens with one attached hydrogen (secondary N) is 1. The van der Waals surface area contributed by atoms with E-state index in [4.69, 9.17) is 10.5 Å². The van der Waals surface area contributed by atoms with Gasteiger partial charge in [-0.05, 0) is 12.5 Å². The number of pyridine rings is 1. The van der Waals surface area contributed by atoms with Crippen LogP contribution in [-0.2, 0) is 0 Å². The van der Waals surface area contributed by atoms with Gasteiger partial charge in [0.25, 0.3) is 0 Å². The van der Waals surface area contributed by atoms with E-state index in [0.29, 0.717) is 19.5 Å². The maximum absolute atomic E-state index is 15.1. The lowest BCUT2D eigenvalue weighted by Gasteiger charge is -2.28. The van der Waals surface area contributed by atoms with Crippen molar-refractivity contribution in [1.29, 1.82) is 0 Å². The molecule has 0 aliphatic carbocycles. The van der Waals surface area contributed by atoms with Gasteiger partial charge in [0.05, 0.1) is 11.6 Å². The number of aromatic amines is 1. The summed E-state index contributed by atoms with van der Waals surface area (Å²) in [4.78, 5) is 43.7. The fraction of sp³-hybridized carbons (Fsp3) is 0.222. The third kappa shape index (κ3) is 2.74. The van der Waals surface area contributed by atoms with E-state index in [1.165, 1.54) is 10.8 Å². The van der Waals surface area contributed by atoms with E-state index in [-0.39, 0.29) is 52.4 Å². The zero-order valence-electron chi connectivity index (χ0n) is 15.2. The molecular weight excluding hydrogens is 421 g/mol. The molecule has 0 radical (unpaired) electrons. The molecule has 0 amide bonds. The summed E-state index contributed by atoms with van der Waals surface area (Å²) >= 11 is 0. The average molecular weight is 436 g/mol. The van der Waals surface area contributed by atoms with Crippen molar-refractivity contribution >= 4 is 35.0 Å². The second-order valence-corrected chi connectivity index (χ2v) is 6.98. The SMILES string of the molecule is Cl.N[C@H]1CCN(c2c(F)cc3c(=O)c(C(=O)O)cn4c3c2Oc2[nH]c(=O)ncc2-4)C1. The molecule has 1 saturated heterocycles. The van der Waals surface area contributed by atoms with Gasteiger partial charge in [-0.25, -0.2) is 14.0 Å². The van der Waals surface area contributed by atoms with E-state index in [0.717, 1.165) is 12.3 Å². The number of aromatic nitrogens is 3. The van der Waals surface area contributed by atoms with Gasteiger partial charge in [-0.2, -0.15) is 4.98 Å². The lowest BCUT2D eigenvalue weighted by atomic mass is 10.1. The molecule has 0 saturated carbocycles. The standard InChI is InChI=1S/C18H14FN5O5.ClH/c19-10-3-8-12-15(13(10)23-2-1-7(20)5-23)29-16-11(4-21-18(28)22-16)24(12)6-9(14(8)25)17(26)27;/h3-4,6-7H,1-2,5,20H2,(H,26,27)(H,21,22,28);1H/t7-;/m0./s1. The molecule has 4 N–H and O–H groups in total. The van der Waals surface area contributed by atoms with Gasteiger partial charge in [-0.15, -0.1) is 12.4 Å². The number of nitrogens with two attached hydrogens (primary N) is 1. The number of fused-ring (bicyclic) bond motifs is 2. The molecule has 0 spiro atoms. The van der Waals surface area contributed by atoms with Gasteiger partial charge in [-0.1, -0.05) is 0 Å². The zero-order chi connectivity index (χ0) is 20.4. The van der Waals surface area contributed by atoms with Crippen molar-refractivity contribution in [2.45, 2.75) is 12.5 Å². The van der Waals surface area contributed by atoms with Crippen LogP contribution in [0.4, 0.5) is 10.1 Å². The third-order valence-electron chi connectivity index (χ3n) is 5.16. The number of hydrogen-bond acceptors (Lipinski definition) is 7. The van der Waals surface area contributed by atoms with Crippen LogP contribution in [0.3, 0.4) is 0 Å². The largest absolute Gasteiger partial charge is 0.477 e. The van der Waals surface area contributed by atoms with Crippen LogP contribution in [0.15, 0.2) is 28.0 Å². The third-order valence-corrected chi connectivity index (χ3v) is 5.16. The molecule has 10 nitrogen and oxygen atoms in total. The molecule has 1 atom stereocenters. The molecule has 1 fully saturated rings. The fourth-order valence-electron chi connectivity index (χ4n) is 3.86. The number of benzene rings is 1. The van der Waals surface area contributed by atoms with Crippen molar-refractivity contribution in [2.24, 2.45) is 5.73 Å². The van der Waals surface area contributed by atoms with E-state index in [1.54, 1.807) is 4.90 Å². The highest BCUT2D eigenvalue weighted by atomic mass is 35.5. The van der Waals surface area contributed by atoms with Gasteiger partial charge in [0.1, 0.15) is 22.5 Å². The predicted molar refractivity (Wildman–Crippen MR) is 107 cm³/mol. The number of H-pyrrole nitrogens is 1. The average Bonchev–Trinajstić information content (AvgIpc) is 3.08. The molecule has 2 aliphatic rings. The summed E-state index contributed by atoms with van der Waals surface area (Å²) in [6, 6.07) is 0.866. The number of hydrogen-bond donors (Lipinski definition) is 3. The second-order valence-electron chi connectivity index (χ2n) is 6.98. The summed E-state index contributed by atoms with van der Waals surface area (Å²) in [6.07, 6.45) is 2.97. The molecule has 5 rings (SSSR count). The monoisotopic (exact) mass is 435 g/mol. The van der Waals surface area contributed by atoms with Crippen molar-refractivity contribution in [2.75, 3.05) is 18.0 Å². The molecule has 0 unspecified atom stereocenters. The van der Waals surface area contributed by atoms with E-state index in [1.807, 2.05) is 0 Å². The minimum absolute atomic E-state index is 0. The molecule has 2 aromatic heterocycles. The maximum Gasteiger partial charge on any atom is 0.347 e. The van der Waals surface area contributed by atoms with E-state index < -0.39 is 28.5 Å². The van der Waals surface area contributed by atoms with Crippen molar-refractivity contribution in [3.8, 4) is 17.3 Å². The number of aromatic carboxylic acids is 1. The first-order chi connectivity index (χ1) is 13.8. The van der Waals surface area contributed by atoms with Gasteiger partial charge in [0.15, 0.2) is 11.6 Å². The van der Waals surface area contributed by atoms with Crippen molar-refractivity contribution in [1.82, 2.24) is 14.5 Å². The normalized spacial score (nSPS) is 16.7. The fourth-order valence-corrected chi connectivity index (χ4v) is 3.86. The summed E-state index contributed by atoms with van der Waals surface area (Å²) < 4.78 is 22.3. The topological polar surface area (TPSA) is 144 Å². The first-order valence-electron chi connectivity index (χ1n) is 8.78. The van der Waals surface area contributed by atoms with Crippen LogP contribution in [0, 0.1) is 5.82 Å². The Labute approximate surface area is 173 Å². The van der Waals surface area contributed by atoms with Gasteiger partial charge < -0.3 is 25.0 Å². The Balaban J connectivity index is 0.00000218. The number of carbonyl (C=O) groups is 1. The molecule has 156 valence electrons. The Kier molecular flexibility index (Phi) is 4.51. The number of halogens is 2. The Morgan fingerprint density at radius 1 is 1.40 bits per heavy atom. The summed E-state index contributed by atoms with van der Waals surface area (Å²) in [5.41, 5.74) is 4.40. The number of rotatable bonds is 2. The van der Waals surface area contributed by atoms with E-state index in [2.05, 4.69) is 9.97 Å². The zero-order valence-corrected chi connectivity index (χ0v) is 16.0. The van der Waals surface area contributed by atoms with E-state index >= 15 is 4.39 Å². The van der Waals surface area contributed by atoms with Gasteiger partial charge >= 0.3 is 11.7 Å². The smallest absolute Gasteiger partial charge is 0.347 e. The van der Waals surface area contributed by atoms with Crippen LogP contribution in [0.25, 0.3) is 16.6 Å². The summed E-state index contributed by atoms with van der Waals surface area (Å²) in [6.45, 7) is 0.868. The van der Waals surface area contributed by atoms with Crippen LogP contribution in [0.5, 0.6) is 11.6 Å². The van der Waals surface area contributed by atoms with Crippen molar-refractivity contribution in [3.63, 3.8) is 0 Å². The van der Waals surface area contributed by atoms with Crippen LogP contribution in [0.1, 0.15) is 16.8 Å². The summed E-state index contributed by atoms with van der Waals surface area (Å²) in [7, 11) is 0. The highest BCUT2D eigenvalue weighted by molar-refractivity contribution is 5.98. The summed E-state index contributed by atoms with van der Waals surface area (Å²) in [5.74, 6) is -2.22. The van der Waals surface area contributed by atoms with E-state index in [9.17, 15) is 19.5 Å². The quantitative estimate of drug-likeness (QED) is 0.422. The van der Waals surface area contributed by atoms with Crippen molar-refractivity contribution < 1.29 is 19.0 Å². The number of anilines is 1. The molecule has 4 heterocycles. The summed E-state index contributed by atoms with van der Waals surface area (Å²) in [5, 5.41) is 9.26. The van der Waals surface area contributed by atoms with Gasteiger partial charge in [0.2, 0.25) is 11.3 Å². The first-order valence-corrected chi connectivity index (χ1v) is 8.78. The molecule has 12 heteroatoms. The Morgan fingerprint density at radius 2 is 2.17 bits per heavy atom. The molecule has 0 bridgehead atoms. The number of nitrogens with zero attached hydrogens (tertiary/aromatic N) is 3. The highest BCUT2D eigenvalue weighted by Crippen LogP contribution is 2.45. The second kappa shape index (κ2) is 6.82. The number of carboxylic acids is 1. The Hall–Kier alpha value is -3.44. The highest BCUT2D eigenvalue weighted by Gasteiger charge is 2.33. The first kappa shape index (κ1) is 19.9. The van der Waals surface area contributed by atoms with Gasteiger partial charge in [0, 0.05) is 25.3 Å². The predicted octanol–water partition coefficient (Wildman–Crippen LogP) is 0.976. The molecule has 1 aromatic carbocycles. The lowest BCUT2D eigenvalue weighted by Crippen LogP contribution is -2.28. The van der Waals surface area contributed by atoms with Crippen molar-refractivity contribution in [3.05, 3.63) is 50.5 Å². The van der Waals surface area contributed by atoms with Crippen LogP contribution >= 0.6 is 12.4 Å². The Bertz CT molecular complexity index is 1340. The van der Waals surface area contributed by atoms with Crippen LogP contribution < -0.4 is 26.5 Å². The van der Waals surface area contributed by atoms with Crippen LogP contribution in [-0.4, -0.2) is 44.7 Å². The van der Waals surface area contributed by atoms with Gasteiger partial charge in [-0.3, -0.25) is 9.78 Å². The number of ether oxygens (including phenoxy) is 1. The minimum Gasteiger partial charge on any atom is -0.477 e. The lowest BCUT2D eigenvalue weighted by molar-refractivity contribution is 0.0695. The van der Waals surface area contributed by atoms with Crippen LogP contribution in [0.2, 0.25) is 0 Å². The minimum atomic E-state index is -1.46. The number of carboxylic acid groups (broad SMARTS) is 1.